The zero-order valence-corrected chi connectivity index (χ0v) is 8.54. The van der Waals surface area contributed by atoms with Gasteiger partial charge in [0.15, 0.2) is 0 Å². The lowest BCUT2D eigenvalue weighted by Gasteiger charge is -2.25. The Hall–Kier alpha value is -1.46. The summed E-state index contributed by atoms with van der Waals surface area (Å²) in [6.07, 6.45) is 1.36. The van der Waals surface area contributed by atoms with Crippen LogP contribution in [0.1, 0.15) is 26.7 Å². The zero-order chi connectivity index (χ0) is 11.1. The van der Waals surface area contributed by atoms with E-state index in [2.05, 4.69) is 10.6 Å². The molecule has 0 aliphatic rings. The average Bonchev–Trinajstić information content (AvgIpc) is 2.10. The zero-order valence-electron chi connectivity index (χ0n) is 8.54. The van der Waals surface area contributed by atoms with Gasteiger partial charge in [0.05, 0.1) is 12.1 Å². The van der Waals surface area contributed by atoms with Crippen molar-refractivity contribution in [2.75, 3.05) is 0 Å². The number of carbonyl (C=O) groups excluding carboxylic acids is 2. The van der Waals surface area contributed by atoms with E-state index in [4.69, 9.17) is 11.5 Å². The summed E-state index contributed by atoms with van der Waals surface area (Å²) >= 11 is 0. The Kier molecular flexibility index (Phi) is 5.43. The minimum absolute atomic E-state index is 0.176. The van der Waals surface area contributed by atoms with Crippen LogP contribution < -0.4 is 22.1 Å². The molecule has 6 heteroatoms. The molecule has 0 bridgehead atoms. The van der Waals surface area contributed by atoms with Gasteiger partial charge in [0.25, 0.3) is 0 Å². The molecule has 6 N–H and O–H groups in total. The van der Waals surface area contributed by atoms with Crippen LogP contribution >= 0.6 is 0 Å². The molecule has 0 unspecified atom stereocenters. The Bertz CT molecular complexity index is 186. The van der Waals surface area contributed by atoms with E-state index < -0.39 is 12.1 Å². The third kappa shape index (κ3) is 4.54. The molecule has 2 atom stereocenters. The Morgan fingerprint density at radius 2 is 1.29 bits per heavy atom. The summed E-state index contributed by atoms with van der Waals surface area (Å²) in [5, 5.41) is 5.11. The van der Waals surface area contributed by atoms with Crippen molar-refractivity contribution in [3.05, 3.63) is 0 Å². The standard InChI is InChI=1S/C8H18N4O2/c1-3-5(11-7(9)13)6(4-2)12-8(10)14/h5-6H,3-4H2,1-2H3,(H3,9,11,13)(H3,10,12,14)/t5-,6-/m1/s1. The third-order valence-electron chi connectivity index (χ3n) is 2.02. The molecule has 4 amide bonds. The van der Waals surface area contributed by atoms with E-state index in [-0.39, 0.29) is 12.1 Å². The number of hydrogen-bond donors (Lipinski definition) is 4. The van der Waals surface area contributed by atoms with Gasteiger partial charge in [-0.15, -0.1) is 0 Å². The monoisotopic (exact) mass is 202 g/mol. The van der Waals surface area contributed by atoms with Gasteiger partial charge in [-0.25, -0.2) is 9.59 Å². The number of amides is 4. The maximum absolute atomic E-state index is 10.6. The van der Waals surface area contributed by atoms with Gasteiger partial charge in [0, 0.05) is 0 Å². The highest BCUT2D eigenvalue weighted by Crippen LogP contribution is 2.02. The highest BCUT2D eigenvalue weighted by atomic mass is 16.2. The van der Waals surface area contributed by atoms with Gasteiger partial charge < -0.3 is 22.1 Å². The van der Waals surface area contributed by atoms with Gasteiger partial charge in [0.1, 0.15) is 0 Å². The second kappa shape index (κ2) is 6.06. The van der Waals surface area contributed by atoms with Crippen LogP contribution in [-0.2, 0) is 0 Å². The minimum Gasteiger partial charge on any atom is -0.352 e. The second-order valence-electron chi connectivity index (χ2n) is 3.05. The van der Waals surface area contributed by atoms with Crippen LogP contribution in [0.15, 0.2) is 0 Å². The molecule has 0 aromatic heterocycles. The van der Waals surface area contributed by atoms with Gasteiger partial charge in [-0.1, -0.05) is 13.8 Å². The van der Waals surface area contributed by atoms with Crippen LogP contribution in [0, 0.1) is 0 Å². The van der Waals surface area contributed by atoms with Crippen molar-refractivity contribution in [3.8, 4) is 0 Å². The van der Waals surface area contributed by atoms with E-state index in [1.807, 2.05) is 13.8 Å². The van der Waals surface area contributed by atoms with Gasteiger partial charge in [-0.05, 0) is 12.8 Å². The third-order valence-corrected chi connectivity index (χ3v) is 2.02. The number of hydrogen-bond acceptors (Lipinski definition) is 2. The first-order valence-corrected chi connectivity index (χ1v) is 4.63. The summed E-state index contributed by atoms with van der Waals surface area (Å²) in [6.45, 7) is 3.79. The van der Waals surface area contributed by atoms with Crippen LogP contribution in [0.3, 0.4) is 0 Å². The lowest BCUT2D eigenvalue weighted by atomic mass is 10.0. The van der Waals surface area contributed by atoms with Crippen molar-refractivity contribution in [2.45, 2.75) is 38.8 Å². The summed E-state index contributed by atoms with van der Waals surface area (Å²) in [5.74, 6) is 0. The second-order valence-corrected chi connectivity index (χ2v) is 3.05. The number of rotatable bonds is 5. The Morgan fingerprint density at radius 3 is 1.43 bits per heavy atom. The molecule has 0 rings (SSSR count). The molecule has 0 aromatic rings. The van der Waals surface area contributed by atoms with E-state index in [1.165, 1.54) is 0 Å². The van der Waals surface area contributed by atoms with Crippen LogP contribution in [0.4, 0.5) is 9.59 Å². The van der Waals surface area contributed by atoms with Gasteiger partial charge in [-0.3, -0.25) is 0 Å². The number of primary amides is 2. The molecule has 0 radical (unpaired) electrons. The molecular formula is C8H18N4O2. The van der Waals surface area contributed by atoms with Crippen LogP contribution in [0.5, 0.6) is 0 Å². The van der Waals surface area contributed by atoms with Crippen molar-refractivity contribution in [2.24, 2.45) is 11.5 Å². The Labute approximate surface area is 83.4 Å². The van der Waals surface area contributed by atoms with E-state index in [1.54, 1.807) is 0 Å². The first-order chi connectivity index (χ1) is 6.51. The highest BCUT2D eigenvalue weighted by molar-refractivity contribution is 5.73. The number of nitrogens with one attached hydrogen (secondary N) is 2. The minimum atomic E-state index is -0.596. The van der Waals surface area contributed by atoms with E-state index in [9.17, 15) is 9.59 Å². The predicted octanol–water partition coefficient (Wildman–Crippen LogP) is -0.120. The van der Waals surface area contributed by atoms with Crippen LogP contribution in [0.25, 0.3) is 0 Å². The highest BCUT2D eigenvalue weighted by Gasteiger charge is 2.20. The molecule has 0 aliphatic heterocycles. The fourth-order valence-electron chi connectivity index (χ4n) is 1.34. The van der Waals surface area contributed by atoms with Crippen molar-refractivity contribution in [3.63, 3.8) is 0 Å². The molecule has 6 nitrogen and oxygen atoms in total. The van der Waals surface area contributed by atoms with Crippen molar-refractivity contribution >= 4 is 12.1 Å². The lowest BCUT2D eigenvalue weighted by Crippen LogP contribution is -2.53. The summed E-state index contributed by atoms with van der Waals surface area (Å²) < 4.78 is 0. The quantitative estimate of drug-likeness (QED) is 0.498. The summed E-state index contributed by atoms with van der Waals surface area (Å²) in [5.41, 5.74) is 10.00. The molecule has 0 saturated heterocycles. The molecule has 14 heavy (non-hydrogen) atoms. The number of urea groups is 2. The molecule has 0 fully saturated rings. The normalized spacial score (nSPS) is 14.1. The predicted molar refractivity (Wildman–Crippen MR) is 53.6 cm³/mol. The molecule has 82 valence electrons. The van der Waals surface area contributed by atoms with Crippen LogP contribution in [0.2, 0.25) is 0 Å². The topological polar surface area (TPSA) is 110 Å². The average molecular weight is 202 g/mol. The Morgan fingerprint density at radius 1 is 1.00 bits per heavy atom. The van der Waals surface area contributed by atoms with Gasteiger partial charge in [-0.2, -0.15) is 0 Å². The molecule has 0 spiro atoms. The summed E-state index contributed by atoms with van der Waals surface area (Å²) in [4.78, 5) is 21.3. The fourth-order valence-corrected chi connectivity index (χ4v) is 1.34. The van der Waals surface area contributed by atoms with Crippen molar-refractivity contribution < 1.29 is 9.59 Å². The molecule has 0 heterocycles. The smallest absolute Gasteiger partial charge is 0.312 e. The van der Waals surface area contributed by atoms with Crippen molar-refractivity contribution in [1.29, 1.82) is 0 Å². The Balaban J connectivity index is 4.28. The van der Waals surface area contributed by atoms with Crippen LogP contribution in [-0.4, -0.2) is 24.1 Å². The molecule has 0 aromatic carbocycles. The lowest BCUT2D eigenvalue weighted by molar-refractivity contribution is 0.231. The first-order valence-electron chi connectivity index (χ1n) is 4.63. The van der Waals surface area contributed by atoms with Crippen molar-refractivity contribution in [1.82, 2.24) is 10.6 Å². The number of carbonyl (C=O) groups is 2. The fraction of sp³-hybridized carbons (Fsp3) is 0.750. The molecule has 0 aliphatic carbocycles. The number of nitrogens with two attached hydrogens (primary N) is 2. The SMILES string of the molecule is CC[C@@H](NC(N)=O)[C@@H](CC)NC(N)=O. The van der Waals surface area contributed by atoms with E-state index in [0.29, 0.717) is 12.8 Å². The van der Waals surface area contributed by atoms with E-state index >= 15 is 0 Å². The van der Waals surface area contributed by atoms with E-state index in [0.717, 1.165) is 0 Å². The molecule has 0 saturated carbocycles. The van der Waals surface area contributed by atoms with Gasteiger partial charge >= 0.3 is 12.1 Å². The summed E-state index contributed by atoms with van der Waals surface area (Å²) in [7, 11) is 0. The molecular weight excluding hydrogens is 184 g/mol. The summed E-state index contributed by atoms with van der Waals surface area (Å²) in [6, 6.07) is -1.54. The largest absolute Gasteiger partial charge is 0.352 e. The maximum atomic E-state index is 10.6. The maximum Gasteiger partial charge on any atom is 0.312 e. The first kappa shape index (κ1) is 12.5. The van der Waals surface area contributed by atoms with Gasteiger partial charge in [0.2, 0.25) is 0 Å².